The largest absolute Gasteiger partial charge is 0.335 e. The van der Waals surface area contributed by atoms with Crippen molar-refractivity contribution < 1.29 is 4.79 Å². The lowest BCUT2D eigenvalue weighted by atomic mass is 10.1. The lowest BCUT2D eigenvalue weighted by Crippen LogP contribution is -2.41. The number of halogens is 3. The van der Waals surface area contributed by atoms with Gasteiger partial charge in [0.1, 0.15) is 0 Å². The van der Waals surface area contributed by atoms with Gasteiger partial charge in [-0.05, 0) is 47.0 Å². The van der Waals surface area contributed by atoms with Crippen LogP contribution < -0.4 is 0 Å². The fraction of sp³-hybridized carbons (Fsp3) is 0.500. The molecule has 1 aromatic carbocycles. The highest BCUT2D eigenvalue weighted by atomic mass is 79.9. The van der Waals surface area contributed by atoms with E-state index in [0.717, 1.165) is 22.6 Å². The van der Waals surface area contributed by atoms with Crippen molar-refractivity contribution in [2.24, 2.45) is 0 Å². The summed E-state index contributed by atoms with van der Waals surface area (Å²) in [5, 5.41) is 1.35. The fourth-order valence-corrected chi connectivity index (χ4v) is 3.06. The van der Waals surface area contributed by atoms with Crippen molar-refractivity contribution in [3.8, 4) is 0 Å². The van der Waals surface area contributed by atoms with Crippen LogP contribution in [0.25, 0.3) is 0 Å². The summed E-state index contributed by atoms with van der Waals surface area (Å²) < 4.78 is 0.785. The highest BCUT2D eigenvalue weighted by Crippen LogP contribution is 2.24. The number of amides is 1. The van der Waals surface area contributed by atoms with Gasteiger partial charge >= 0.3 is 0 Å². The lowest BCUT2D eigenvalue weighted by molar-refractivity contribution is 0.0682. The van der Waals surface area contributed by atoms with Crippen molar-refractivity contribution in [3.63, 3.8) is 0 Å². The molecule has 0 atom stereocenters. The van der Waals surface area contributed by atoms with Crippen LogP contribution in [-0.4, -0.2) is 28.7 Å². The predicted molar refractivity (Wildman–Crippen MR) is 88.4 cm³/mol. The molecule has 0 spiro atoms. The van der Waals surface area contributed by atoms with Gasteiger partial charge in [-0.1, -0.05) is 41.4 Å². The Morgan fingerprint density at radius 1 is 1.37 bits per heavy atom. The summed E-state index contributed by atoms with van der Waals surface area (Å²) in [6.45, 7) is 4.91. The predicted octanol–water partition coefficient (Wildman–Crippen LogP) is 5.13. The summed E-state index contributed by atoms with van der Waals surface area (Å²) in [6.07, 6.45) is 1.90. The molecule has 1 aromatic rings. The molecule has 106 valence electrons. The molecule has 1 rings (SSSR count). The summed E-state index contributed by atoms with van der Waals surface area (Å²) in [6, 6.07) is 5.57. The van der Waals surface area contributed by atoms with Crippen LogP contribution in [0, 0.1) is 0 Å². The minimum atomic E-state index is 0.0301. The third-order valence-corrected chi connectivity index (χ3v) is 4.41. The van der Waals surface area contributed by atoms with Crippen molar-refractivity contribution in [1.82, 2.24) is 4.90 Å². The quantitative estimate of drug-likeness (QED) is 0.595. The number of benzene rings is 1. The Kier molecular flexibility index (Phi) is 7.40. The molecular formula is C14H18Br2ClNO. The van der Waals surface area contributed by atoms with Crippen LogP contribution in [0.3, 0.4) is 0 Å². The van der Waals surface area contributed by atoms with E-state index in [4.69, 9.17) is 11.6 Å². The molecule has 1 amide bonds. The number of rotatable bonds is 6. The second-order valence-electron chi connectivity index (χ2n) is 4.28. The number of carbonyl (C=O) groups is 1. The van der Waals surface area contributed by atoms with Crippen LogP contribution in [0.4, 0.5) is 0 Å². The van der Waals surface area contributed by atoms with Gasteiger partial charge in [0.15, 0.2) is 0 Å². The van der Waals surface area contributed by atoms with E-state index < -0.39 is 0 Å². The fourth-order valence-electron chi connectivity index (χ4n) is 2.09. The van der Waals surface area contributed by atoms with Gasteiger partial charge in [0.05, 0.1) is 5.56 Å². The minimum absolute atomic E-state index is 0.0301. The van der Waals surface area contributed by atoms with Crippen LogP contribution >= 0.6 is 43.5 Å². The SMILES string of the molecule is CCC(CC)N(CCBr)C(=O)c1cc(Cl)ccc1Br. The molecule has 2 nitrogen and oxygen atoms in total. The van der Waals surface area contributed by atoms with Gasteiger partial charge in [0.25, 0.3) is 5.91 Å². The summed E-state index contributed by atoms with van der Waals surface area (Å²) in [5.41, 5.74) is 0.625. The molecule has 0 saturated heterocycles. The first-order valence-corrected chi connectivity index (χ1v) is 8.66. The molecule has 0 aliphatic rings. The highest BCUT2D eigenvalue weighted by molar-refractivity contribution is 9.10. The molecule has 0 aromatic heterocycles. The number of hydrogen-bond donors (Lipinski definition) is 0. The first kappa shape index (κ1) is 17.0. The average Bonchev–Trinajstić information content (AvgIpc) is 2.41. The Morgan fingerprint density at radius 3 is 2.53 bits per heavy atom. The van der Waals surface area contributed by atoms with E-state index in [1.807, 2.05) is 11.0 Å². The first-order valence-electron chi connectivity index (χ1n) is 6.37. The topological polar surface area (TPSA) is 20.3 Å². The van der Waals surface area contributed by atoms with Gasteiger partial charge in [-0.3, -0.25) is 4.79 Å². The normalized spacial score (nSPS) is 10.8. The van der Waals surface area contributed by atoms with E-state index in [0.29, 0.717) is 17.1 Å². The second kappa shape index (κ2) is 8.28. The number of nitrogens with zero attached hydrogens (tertiary/aromatic N) is 1. The molecule has 5 heteroatoms. The maximum Gasteiger partial charge on any atom is 0.255 e. The number of alkyl halides is 1. The Morgan fingerprint density at radius 2 is 2.00 bits per heavy atom. The Balaban J connectivity index is 3.08. The van der Waals surface area contributed by atoms with Crippen molar-refractivity contribution >= 4 is 49.4 Å². The van der Waals surface area contributed by atoms with Crippen LogP contribution in [0.15, 0.2) is 22.7 Å². The van der Waals surface area contributed by atoms with Gasteiger partial charge in [-0.25, -0.2) is 0 Å². The molecule has 0 radical (unpaired) electrons. The Hall–Kier alpha value is -0.0600. The van der Waals surface area contributed by atoms with E-state index in [2.05, 4.69) is 45.7 Å². The smallest absolute Gasteiger partial charge is 0.255 e. The standard InChI is InChI=1S/C14H18Br2ClNO/c1-3-11(4-2)18(8-7-15)14(19)12-9-10(17)5-6-13(12)16/h5-6,9,11H,3-4,7-8H2,1-2H3. The zero-order valence-corrected chi connectivity index (χ0v) is 15.1. The van der Waals surface area contributed by atoms with Crippen molar-refractivity contribution in [2.75, 3.05) is 11.9 Å². The van der Waals surface area contributed by atoms with Gasteiger partial charge in [0, 0.05) is 27.4 Å². The van der Waals surface area contributed by atoms with Gasteiger partial charge in [-0.15, -0.1) is 0 Å². The summed E-state index contributed by atoms with van der Waals surface area (Å²) >= 11 is 12.8. The van der Waals surface area contributed by atoms with E-state index in [-0.39, 0.29) is 11.9 Å². The average molecular weight is 412 g/mol. The lowest BCUT2D eigenvalue weighted by Gasteiger charge is -2.30. The van der Waals surface area contributed by atoms with Gasteiger partial charge < -0.3 is 4.90 Å². The molecular weight excluding hydrogens is 393 g/mol. The molecule has 19 heavy (non-hydrogen) atoms. The molecule has 0 fully saturated rings. The third-order valence-electron chi connectivity index (χ3n) is 3.13. The van der Waals surface area contributed by atoms with E-state index >= 15 is 0 Å². The van der Waals surface area contributed by atoms with Crippen molar-refractivity contribution in [3.05, 3.63) is 33.3 Å². The van der Waals surface area contributed by atoms with Crippen LogP contribution in [0.5, 0.6) is 0 Å². The maximum atomic E-state index is 12.7. The van der Waals surface area contributed by atoms with Crippen LogP contribution in [-0.2, 0) is 0 Å². The van der Waals surface area contributed by atoms with E-state index in [1.54, 1.807) is 12.1 Å². The first-order chi connectivity index (χ1) is 9.04. The van der Waals surface area contributed by atoms with Crippen LogP contribution in [0.1, 0.15) is 37.0 Å². The van der Waals surface area contributed by atoms with E-state index in [9.17, 15) is 4.79 Å². The number of carbonyl (C=O) groups excluding carboxylic acids is 1. The molecule has 0 unspecified atom stereocenters. The molecule has 0 aliphatic heterocycles. The number of hydrogen-bond acceptors (Lipinski definition) is 1. The molecule has 0 aliphatic carbocycles. The van der Waals surface area contributed by atoms with Crippen LogP contribution in [0.2, 0.25) is 5.02 Å². The maximum absolute atomic E-state index is 12.7. The van der Waals surface area contributed by atoms with E-state index in [1.165, 1.54) is 0 Å². The monoisotopic (exact) mass is 409 g/mol. The zero-order valence-electron chi connectivity index (χ0n) is 11.1. The zero-order chi connectivity index (χ0) is 14.4. The summed E-state index contributed by atoms with van der Waals surface area (Å²) in [5.74, 6) is 0.0301. The summed E-state index contributed by atoms with van der Waals surface area (Å²) in [4.78, 5) is 14.6. The molecule has 0 bridgehead atoms. The van der Waals surface area contributed by atoms with Gasteiger partial charge in [0.2, 0.25) is 0 Å². The van der Waals surface area contributed by atoms with Gasteiger partial charge in [-0.2, -0.15) is 0 Å². The minimum Gasteiger partial charge on any atom is -0.335 e. The third kappa shape index (κ3) is 4.47. The van der Waals surface area contributed by atoms with Crippen molar-refractivity contribution in [1.29, 1.82) is 0 Å². The summed E-state index contributed by atoms with van der Waals surface area (Å²) in [7, 11) is 0. The highest BCUT2D eigenvalue weighted by Gasteiger charge is 2.23. The Labute approximate surface area is 136 Å². The Bertz CT molecular complexity index is 435. The van der Waals surface area contributed by atoms with Crippen molar-refractivity contribution in [2.45, 2.75) is 32.7 Å². The molecule has 0 heterocycles. The second-order valence-corrected chi connectivity index (χ2v) is 6.37. The molecule has 0 saturated carbocycles. The molecule has 0 N–H and O–H groups in total.